The SMILES string of the molecule is NC(=O)Oc1nn(-c2cc(Cl)c(Oc3ccc([N+](=O)[O-])c(Br)c3)c(Cl)c2)c(=O)[nH]c1=O. The highest BCUT2D eigenvalue weighted by Gasteiger charge is 2.18. The molecule has 3 aromatic rings. The number of carbonyl (C=O) groups is 1. The number of halogens is 3. The van der Waals surface area contributed by atoms with E-state index in [1.807, 2.05) is 4.98 Å². The summed E-state index contributed by atoms with van der Waals surface area (Å²) in [6.07, 6.45) is -1.31. The Kier molecular flexibility index (Phi) is 6.29. The number of carbonyl (C=O) groups excluding carboxylic acids is 1. The van der Waals surface area contributed by atoms with Crippen molar-refractivity contribution in [3.63, 3.8) is 0 Å². The van der Waals surface area contributed by atoms with Crippen LogP contribution in [-0.4, -0.2) is 25.8 Å². The molecule has 0 saturated carbocycles. The molecule has 15 heteroatoms. The number of ether oxygens (including phenoxy) is 2. The quantitative estimate of drug-likeness (QED) is 0.372. The second-order valence-corrected chi connectivity index (χ2v) is 7.28. The number of amides is 1. The van der Waals surface area contributed by atoms with E-state index in [-0.39, 0.29) is 37.4 Å². The lowest BCUT2D eigenvalue weighted by atomic mass is 10.3. The van der Waals surface area contributed by atoms with Gasteiger partial charge in [0.05, 0.1) is 25.1 Å². The molecule has 3 N–H and O–H groups in total. The number of nitro groups is 1. The first kappa shape index (κ1) is 22.3. The van der Waals surface area contributed by atoms with E-state index in [1.165, 1.54) is 30.3 Å². The highest BCUT2D eigenvalue weighted by molar-refractivity contribution is 9.10. The van der Waals surface area contributed by atoms with Gasteiger partial charge in [-0.25, -0.2) is 9.59 Å². The van der Waals surface area contributed by atoms with Gasteiger partial charge >= 0.3 is 23.2 Å². The van der Waals surface area contributed by atoms with Gasteiger partial charge in [0.25, 0.3) is 5.69 Å². The molecule has 0 spiro atoms. The zero-order chi connectivity index (χ0) is 22.9. The van der Waals surface area contributed by atoms with Crippen molar-refractivity contribution in [2.24, 2.45) is 5.73 Å². The summed E-state index contributed by atoms with van der Waals surface area (Å²) < 4.78 is 10.9. The van der Waals surface area contributed by atoms with Gasteiger partial charge in [-0.05, 0) is 34.1 Å². The van der Waals surface area contributed by atoms with E-state index in [0.717, 1.165) is 0 Å². The Balaban J connectivity index is 2.01. The number of hydrogen-bond donors (Lipinski definition) is 2. The Morgan fingerprint density at radius 1 is 1.23 bits per heavy atom. The van der Waals surface area contributed by atoms with Crippen LogP contribution < -0.4 is 26.5 Å². The summed E-state index contributed by atoms with van der Waals surface area (Å²) >= 11 is 15.5. The minimum Gasteiger partial charge on any atom is -0.454 e. The highest BCUT2D eigenvalue weighted by atomic mass is 79.9. The van der Waals surface area contributed by atoms with E-state index in [0.29, 0.717) is 4.68 Å². The van der Waals surface area contributed by atoms with Crippen molar-refractivity contribution in [3.8, 4) is 23.1 Å². The topological polar surface area (TPSA) is 172 Å². The molecule has 0 atom stereocenters. The Morgan fingerprint density at radius 3 is 2.42 bits per heavy atom. The normalized spacial score (nSPS) is 10.5. The molecule has 0 fully saturated rings. The van der Waals surface area contributed by atoms with Crippen LogP contribution in [0, 0.1) is 10.1 Å². The van der Waals surface area contributed by atoms with Crippen molar-refractivity contribution in [3.05, 3.63) is 75.8 Å². The van der Waals surface area contributed by atoms with Crippen molar-refractivity contribution < 1.29 is 19.2 Å². The number of nitro benzene ring substituents is 1. The number of nitrogens with one attached hydrogen (secondary N) is 1. The van der Waals surface area contributed by atoms with Crippen molar-refractivity contribution >= 4 is 50.9 Å². The Bertz CT molecular complexity index is 1320. The molecular weight excluding hydrogens is 525 g/mol. The molecule has 0 aliphatic heterocycles. The summed E-state index contributed by atoms with van der Waals surface area (Å²) in [5, 5.41) is 14.4. The van der Waals surface area contributed by atoms with E-state index in [4.69, 9.17) is 33.7 Å². The number of aromatic nitrogens is 3. The average Bonchev–Trinajstić information content (AvgIpc) is 2.66. The van der Waals surface area contributed by atoms with Gasteiger partial charge in [0.15, 0.2) is 5.75 Å². The molecule has 31 heavy (non-hydrogen) atoms. The first-order chi connectivity index (χ1) is 14.6. The van der Waals surface area contributed by atoms with Gasteiger partial charge in [-0.15, -0.1) is 5.10 Å². The zero-order valence-electron chi connectivity index (χ0n) is 14.8. The van der Waals surface area contributed by atoms with Gasteiger partial charge in [-0.2, -0.15) is 4.68 Å². The van der Waals surface area contributed by atoms with Crippen LogP contribution in [0.25, 0.3) is 5.69 Å². The predicted molar refractivity (Wildman–Crippen MR) is 112 cm³/mol. The van der Waals surface area contributed by atoms with E-state index in [2.05, 4.69) is 25.8 Å². The van der Waals surface area contributed by atoms with Crippen LogP contribution in [0.15, 0.2) is 44.4 Å². The molecule has 0 aliphatic carbocycles. The van der Waals surface area contributed by atoms with Crippen LogP contribution >= 0.6 is 39.1 Å². The molecule has 0 radical (unpaired) electrons. The summed E-state index contributed by atoms with van der Waals surface area (Å²) in [5.41, 5.74) is 2.65. The molecule has 1 amide bonds. The predicted octanol–water partition coefficient (Wildman–Crippen LogP) is 3.15. The van der Waals surface area contributed by atoms with Gasteiger partial charge in [0.2, 0.25) is 0 Å². The molecule has 1 heterocycles. The Labute approximate surface area is 189 Å². The molecule has 2 aromatic carbocycles. The average molecular weight is 533 g/mol. The lowest BCUT2D eigenvalue weighted by molar-refractivity contribution is -0.385. The van der Waals surface area contributed by atoms with Crippen molar-refractivity contribution in [2.45, 2.75) is 0 Å². The lowest BCUT2D eigenvalue weighted by Crippen LogP contribution is -2.34. The van der Waals surface area contributed by atoms with Crippen molar-refractivity contribution in [1.82, 2.24) is 14.8 Å². The summed E-state index contributed by atoms with van der Waals surface area (Å²) in [4.78, 5) is 46.9. The number of hydrogen-bond acceptors (Lipinski definition) is 8. The van der Waals surface area contributed by atoms with Crippen LogP contribution in [0.2, 0.25) is 10.0 Å². The fourth-order valence-corrected chi connectivity index (χ4v) is 3.36. The largest absolute Gasteiger partial charge is 0.454 e. The minimum absolute atomic E-state index is 0.00259. The molecule has 0 bridgehead atoms. The fraction of sp³-hybridized carbons (Fsp3) is 0. The van der Waals surface area contributed by atoms with Crippen LogP contribution in [0.4, 0.5) is 10.5 Å². The number of aromatic amines is 1. The maximum absolute atomic E-state index is 12.1. The van der Waals surface area contributed by atoms with Gasteiger partial charge in [0, 0.05) is 12.1 Å². The maximum atomic E-state index is 12.1. The molecule has 3 rings (SSSR count). The van der Waals surface area contributed by atoms with Gasteiger partial charge in [-0.1, -0.05) is 23.2 Å². The second kappa shape index (κ2) is 8.75. The Morgan fingerprint density at radius 2 is 1.87 bits per heavy atom. The van der Waals surface area contributed by atoms with Crippen LogP contribution in [0.3, 0.4) is 0 Å². The summed E-state index contributed by atoms with van der Waals surface area (Å²) in [6.45, 7) is 0. The van der Waals surface area contributed by atoms with Crippen molar-refractivity contribution in [1.29, 1.82) is 0 Å². The number of primary amides is 1. The van der Waals surface area contributed by atoms with Crippen LogP contribution in [0.5, 0.6) is 17.4 Å². The first-order valence-corrected chi connectivity index (χ1v) is 9.44. The highest BCUT2D eigenvalue weighted by Crippen LogP contribution is 2.39. The third-order valence-corrected chi connectivity index (χ3v) is 4.76. The van der Waals surface area contributed by atoms with E-state index < -0.39 is 28.1 Å². The number of benzene rings is 2. The van der Waals surface area contributed by atoms with Gasteiger partial charge < -0.3 is 15.2 Å². The number of H-pyrrole nitrogens is 1. The van der Waals surface area contributed by atoms with E-state index in [9.17, 15) is 24.5 Å². The number of rotatable bonds is 5. The minimum atomic E-state index is -1.31. The fourth-order valence-electron chi connectivity index (χ4n) is 2.31. The van der Waals surface area contributed by atoms with Crippen LogP contribution in [-0.2, 0) is 0 Å². The second-order valence-electron chi connectivity index (χ2n) is 5.61. The maximum Gasteiger partial charge on any atom is 0.411 e. The third-order valence-electron chi connectivity index (χ3n) is 3.56. The smallest absolute Gasteiger partial charge is 0.411 e. The lowest BCUT2D eigenvalue weighted by Gasteiger charge is -2.12. The molecule has 160 valence electrons. The third kappa shape index (κ3) is 4.84. The van der Waals surface area contributed by atoms with E-state index >= 15 is 0 Å². The molecule has 12 nitrogen and oxygen atoms in total. The zero-order valence-corrected chi connectivity index (χ0v) is 17.9. The monoisotopic (exact) mass is 531 g/mol. The van der Waals surface area contributed by atoms with Crippen molar-refractivity contribution in [2.75, 3.05) is 0 Å². The number of nitrogens with zero attached hydrogens (tertiary/aromatic N) is 3. The molecule has 0 saturated heterocycles. The molecule has 0 aliphatic rings. The van der Waals surface area contributed by atoms with Gasteiger partial charge in [0.1, 0.15) is 5.75 Å². The molecule has 0 unspecified atom stereocenters. The number of nitrogens with two attached hydrogens (primary N) is 1. The first-order valence-electron chi connectivity index (χ1n) is 7.89. The van der Waals surface area contributed by atoms with E-state index in [1.54, 1.807) is 0 Å². The van der Waals surface area contributed by atoms with Gasteiger partial charge in [-0.3, -0.25) is 19.9 Å². The summed E-state index contributed by atoms with van der Waals surface area (Å²) in [6, 6.07) is 6.39. The Hall–Kier alpha value is -3.42. The summed E-state index contributed by atoms with van der Waals surface area (Å²) in [5.74, 6) is -0.597. The molecule has 1 aromatic heterocycles. The van der Waals surface area contributed by atoms with Crippen LogP contribution in [0.1, 0.15) is 0 Å². The molecular formula is C16H8BrCl2N5O7. The summed E-state index contributed by atoms with van der Waals surface area (Å²) in [7, 11) is 0. The standard InChI is InChI=1S/C16H8BrCl2N5O7/c17-8-5-7(1-2-11(8)24(28)29)30-12-9(18)3-6(4-10(12)19)23-16(27)21-13(25)14(22-23)31-15(20)26/h1-5H,(H2,20,26)(H,21,25,27).